The third-order valence-corrected chi connectivity index (χ3v) is 3.76. The Balaban J connectivity index is 1.76. The average molecular weight is 305 g/mol. The number of hydrogen-bond donors (Lipinski definition) is 1. The number of para-hydroxylation sites is 2. The maximum atomic E-state index is 11.9. The molecule has 1 amide bonds. The Hall–Kier alpha value is -2.04. The number of rotatable bonds is 7. The van der Waals surface area contributed by atoms with Gasteiger partial charge in [-0.05, 0) is 37.8 Å². The fourth-order valence-electron chi connectivity index (χ4n) is 2.69. The molecular weight excluding hydrogens is 282 g/mol. The Kier molecular flexibility index (Phi) is 6.25. The SMILES string of the molecule is CCOc1ccccc1NC(=O)COC(=O)CC1CCCC1. The third kappa shape index (κ3) is 5.06. The molecule has 120 valence electrons. The Morgan fingerprint density at radius 1 is 1.23 bits per heavy atom. The van der Waals surface area contributed by atoms with Crippen LogP contribution in [0.4, 0.5) is 5.69 Å². The van der Waals surface area contributed by atoms with E-state index in [9.17, 15) is 9.59 Å². The fourth-order valence-corrected chi connectivity index (χ4v) is 2.69. The number of carbonyl (C=O) groups excluding carboxylic acids is 2. The number of carbonyl (C=O) groups is 2. The highest BCUT2D eigenvalue weighted by Crippen LogP contribution is 2.27. The van der Waals surface area contributed by atoms with Gasteiger partial charge in [-0.25, -0.2) is 0 Å². The molecule has 0 spiro atoms. The van der Waals surface area contributed by atoms with Crippen LogP contribution in [0.1, 0.15) is 39.0 Å². The van der Waals surface area contributed by atoms with Crippen molar-refractivity contribution in [3.05, 3.63) is 24.3 Å². The number of esters is 1. The van der Waals surface area contributed by atoms with Crippen LogP contribution in [-0.2, 0) is 14.3 Å². The molecule has 1 aromatic rings. The van der Waals surface area contributed by atoms with Gasteiger partial charge in [0.15, 0.2) is 6.61 Å². The van der Waals surface area contributed by atoms with Crippen LogP contribution in [0, 0.1) is 5.92 Å². The van der Waals surface area contributed by atoms with Gasteiger partial charge in [-0.15, -0.1) is 0 Å². The van der Waals surface area contributed by atoms with Crippen molar-refractivity contribution in [1.29, 1.82) is 0 Å². The van der Waals surface area contributed by atoms with Crippen LogP contribution in [0.2, 0.25) is 0 Å². The Labute approximate surface area is 131 Å². The predicted octanol–water partition coefficient (Wildman–Crippen LogP) is 3.15. The average Bonchev–Trinajstić information content (AvgIpc) is 3.00. The molecule has 1 fully saturated rings. The van der Waals surface area contributed by atoms with Crippen molar-refractivity contribution in [3.63, 3.8) is 0 Å². The number of hydrogen-bond acceptors (Lipinski definition) is 4. The molecule has 0 aliphatic heterocycles. The van der Waals surface area contributed by atoms with E-state index in [4.69, 9.17) is 9.47 Å². The summed E-state index contributed by atoms with van der Waals surface area (Å²) in [5.74, 6) is 0.386. The summed E-state index contributed by atoms with van der Waals surface area (Å²) in [4.78, 5) is 23.6. The van der Waals surface area contributed by atoms with Crippen molar-refractivity contribution >= 4 is 17.6 Å². The lowest BCUT2D eigenvalue weighted by molar-refractivity contribution is -0.148. The first kappa shape index (κ1) is 16.3. The van der Waals surface area contributed by atoms with Crippen LogP contribution in [0.25, 0.3) is 0 Å². The summed E-state index contributed by atoms with van der Waals surface area (Å²) in [6.07, 6.45) is 4.97. The highest BCUT2D eigenvalue weighted by Gasteiger charge is 2.19. The molecule has 5 nitrogen and oxygen atoms in total. The van der Waals surface area contributed by atoms with Crippen LogP contribution in [0.5, 0.6) is 5.75 Å². The number of ether oxygens (including phenoxy) is 2. The standard InChI is InChI=1S/C17H23NO4/c1-2-21-15-10-6-5-9-14(15)18-16(19)12-22-17(20)11-13-7-3-4-8-13/h5-6,9-10,13H,2-4,7-8,11-12H2,1H3,(H,18,19). The first-order chi connectivity index (χ1) is 10.7. The lowest BCUT2D eigenvalue weighted by atomic mass is 10.1. The molecule has 0 heterocycles. The quantitative estimate of drug-likeness (QED) is 0.786. The summed E-state index contributed by atoms with van der Waals surface area (Å²) in [7, 11) is 0. The maximum absolute atomic E-state index is 11.9. The van der Waals surface area contributed by atoms with Gasteiger partial charge in [-0.3, -0.25) is 9.59 Å². The van der Waals surface area contributed by atoms with Gasteiger partial charge in [0, 0.05) is 6.42 Å². The molecule has 0 bridgehead atoms. The Morgan fingerprint density at radius 3 is 2.68 bits per heavy atom. The van der Waals surface area contributed by atoms with Crippen LogP contribution >= 0.6 is 0 Å². The normalized spacial score (nSPS) is 14.6. The van der Waals surface area contributed by atoms with E-state index in [0.29, 0.717) is 30.4 Å². The molecule has 22 heavy (non-hydrogen) atoms. The zero-order valence-corrected chi connectivity index (χ0v) is 13.0. The van der Waals surface area contributed by atoms with Crippen LogP contribution < -0.4 is 10.1 Å². The second-order valence-electron chi connectivity index (χ2n) is 5.49. The molecule has 0 radical (unpaired) electrons. The van der Waals surface area contributed by atoms with E-state index in [1.54, 1.807) is 12.1 Å². The topological polar surface area (TPSA) is 64.6 Å². The molecule has 1 aliphatic carbocycles. The molecule has 0 unspecified atom stereocenters. The minimum Gasteiger partial charge on any atom is -0.492 e. The highest BCUT2D eigenvalue weighted by molar-refractivity contribution is 5.94. The minimum atomic E-state index is -0.355. The fraction of sp³-hybridized carbons (Fsp3) is 0.529. The van der Waals surface area contributed by atoms with Crippen molar-refractivity contribution in [2.45, 2.75) is 39.0 Å². The van der Waals surface area contributed by atoms with E-state index in [-0.39, 0.29) is 18.5 Å². The van der Waals surface area contributed by atoms with E-state index in [2.05, 4.69) is 5.32 Å². The van der Waals surface area contributed by atoms with E-state index in [0.717, 1.165) is 12.8 Å². The number of benzene rings is 1. The summed E-state index contributed by atoms with van der Waals surface area (Å²) in [6.45, 7) is 2.14. The molecule has 1 aliphatic rings. The summed E-state index contributed by atoms with van der Waals surface area (Å²) in [5, 5.41) is 2.70. The molecule has 2 rings (SSSR count). The maximum Gasteiger partial charge on any atom is 0.306 e. The van der Waals surface area contributed by atoms with Gasteiger partial charge in [0.2, 0.25) is 0 Å². The van der Waals surface area contributed by atoms with Gasteiger partial charge in [-0.2, -0.15) is 0 Å². The third-order valence-electron chi connectivity index (χ3n) is 3.76. The molecule has 1 saturated carbocycles. The molecule has 1 N–H and O–H groups in total. The van der Waals surface area contributed by atoms with E-state index >= 15 is 0 Å². The molecule has 0 atom stereocenters. The zero-order valence-electron chi connectivity index (χ0n) is 13.0. The van der Waals surface area contributed by atoms with Gasteiger partial charge in [0.05, 0.1) is 12.3 Å². The lowest BCUT2D eigenvalue weighted by Crippen LogP contribution is -2.22. The van der Waals surface area contributed by atoms with Gasteiger partial charge < -0.3 is 14.8 Å². The number of nitrogens with one attached hydrogen (secondary N) is 1. The molecule has 0 saturated heterocycles. The first-order valence-corrected chi connectivity index (χ1v) is 7.86. The number of amides is 1. The van der Waals surface area contributed by atoms with E-state index in [1.165, 1.54) is 12.8 Å². The van der Waals surface area contributed by atoms with Gasteiger partial charge >= 0.3 is 5.97 Å². The molecule has 0 aromatic heterocycles. The van der Waals surface area contributed by atoms with E-state index < -0.39 is 0 Å². The smallest absolute Gasteiger partial charge is 0.306 e. The van der Waals surface area contributed by atoms with Crippen LogP contribution in [-0.4, -0.2) is 25.1 Å². The van der Waals surface area contributed by atoms with Crippen molar-refractivity contribution in [2.75, 3.05) is 18.5 Å². The van der Waals surface area contributed by atoms with Crippen LogP contribution in [0.15, 0.2) is 24.3 Å². The second kappa shape index (κ2) is 8.41. The van der Waals surface area contributed by atoms with Crippen molar-refractivity contribution in [1.82, 2.24) is 0 Å². The van der Waals surface area contributed by atoms with Gasteiger partial charge in [-0.1, -0.05) is 25.0 Å². The van der Waals surface area contributed by atoms with Gasteiger partial charge in [0.1, 0.15) is 5.75 Å². The van der Waals surface area contributed by atoms with Crippen molar-refractivity contribution in [2.24, 2.45) is 5.92 Å². The number of anilines is 1. The van der Waals surface area contributed by atoms with Crippen molar-refractivity contribution in [3.8, 4) is 5.75 Å². The predicted molar refractivity (Wildman–Crippen MR) is 83.8 cm³/mol. The summed E-state index contributed by atoms with van der Waals surface area (Å²) < 4.78 is 10.5. The highest BCUT2D eigenvalue weighted by atomic mass is 16.5. The van der Waals surface area contributed by atoms with Crippen LogP contribution in [0.3, 0.4) is 0 Å². The van der Waals surface area contributed by atoms with Gasteiger partial charge in [0.25, 0.3) is 5.91 Å². The molecule has 1 aromatic carbocycles. The second-order valence-corrected chi connectivity index (χ2v) is 5.49. The summed E-state index contributed by atoms with van der Waals surface area (Å²) in [5.41, 5.74) is 0.584. The molecular formula is C17H23NO4. The van der Waals surface area contributed by atoms with Crippen molar-refractivity contribution < 1.29 is 19.1 Å². The Bertz CT molecular complexity index is 509. The minimum absolute atomic E-state index is 0.258. The van der Waals surface area contributed by atoms with E-state index in [1.807, 2.05) is 19.1 Å². The monoisotopic (exact) mass is 305 g/mol. The Morgan fingerprint density at radius 2 is 1.95 bits per heavy atom. The summed E-state index contributed by atoms with van der Waals surface area (Å²) in [6, 6.07) is 7.18. The largest absolute Gasteiger partial charge is 0.492 e. The lowest BCUT2D eigenvalue weighted by Gasteiger charge is -2.12. The first-order valence-electron chi connectivity index (χ1n) is 7.86. The summed E-state index contributed by atoms with van der Waals surface area (Å²) >= 11 is 0. The molecule has 5 heteroatoms. The zero-order chi connectivity index (χ0) is 15.8.